The number of hydrazine groups is 1. The Hall–Kier alpha value is -0.0301. The molecule has 46 valence electrons. The zero-order valence-electron chi connectivity index (χ0n) is 5.05. The van der Waals surface area contributed by atoms with Crippen molar-refractivity contribution in [3.05, 3.63) is 0 Å². The van der Waals surface area contributed by atoms with Gasteiger partial charge in [-0.3, -0.25) is 10.7 Å². The van der Waals surface area contributed by atoms with Crippen molar-refractivity contribution in [3.8, 4) is 0 Å². The molecular formula is C2H10B2N2O2. The van der Waals surface area contributed by atoms with E-state index in [1.54, 1.807) is 13.6 Å². The van der Waals surface area contributed by atoms with Gasteiger partial charge in [0.15, 0.2) is 0 Å². The first-order valence-corrected chi connectivity index (χ1v) is 2.50. The van der Waals surface area contributed by atoms with Crippen LogP contribution in [0.3, 0.4) is 0 Å². The highest BCUT2D eigenvalue weighted by Crippen LogP contribution is 1.62. The molecular weight excluding hydrogens is 106 g/mol. The molecule has 8 heavy (non-hydrogen) atoms. The second-order valence-corrected chi connectivity index (χ2v) is 1.64. The van der Waals surface area contributed by atoms with Crippen molar-refractivity contribution in [1.29, 1.82) is 0 Å². The summed E-state index contributed by atoms with van der Waals surface area (Å²) in [5.41, 5.74) is 0. The monoisotopic (exact) mass is 116 g/mol. The van der Waals surface area contributed by atoms with Crippen molar-refractivity contribution in [2.75, 3.05) is 0 Å². The Morgan fingerprint density at radius 1 is 1.00 bits per heavy atom. The Morgan fingerprint density at radius 2 is 1.25 bits per heavy atom. The molecule has 4 nitrogen and oxygen atoms in total. The first-order valence-electron chi connectivity index (χ1n) is 2.50. The average molecular weight is 116 g/mol. The molecule has 0 aliphatic carbocycles. The van der Waals surface area contributed by atoms with Gasteiger partial charge < -0.3 is 10.0 Å². The van der Waals surface area contributed by atoms with Crippen LogP contribution in [0.2, 0.25) is 13.6 Å². The Labute approximate surface area is 49.5 Å². The van der Waals surface area contributed by atoms with Crippen LogP contribution in [0.4, 0.5) is 0 Å². The summed E-state index contributed by atoms with van der Waals surface area (Å²) in [5.74, 6) is 0. The summed E-state index contributed by atoms with van der Waals surface area (Å²) >= 11 is 0. The van der Waals surface area contributed by atoms with E-state index in [1.165, 1.54) is 0 Å². The van der Waals surface area contributed by atoms with E-state index >= 15 is 0 Å². The minimum Gasteiger partial charge on any atom is -0.437 e. The molecule has 0 radical (unpaired) electrons. The molecule has 0 bridgehead atoms. The van der Waals surface area contributed by atoms with Gasteiger partial charge in [0.25, 0.3) is 0 Å². The Morgan fingerprint density at radius 3 is 1.38 bits per heavy atom. The summed E-state index contributed by atoms with van der Waals surface area (Å²) < 4.78 is 0. The highest BCUT2D eigenvalue weighted by Gasteiger charge is 2.04. The fraction of sp³-hybridized carbons (Fsp3) is 1.00. The van der Waals surface area contributed by atoms with Crippen molar-refractivity contribution >= 4 is 14.1 Å². The van der Waals surface area contributed by atoms with Crippen LogP contribution in [0, 0.1) is 0 Å². The maximum absolute atomic E-state index is 8.52. The van der Waals surface area contributed by atoms with Gasteiger partial charge >= 0.3 is 14.1 Å². The van der Waals surface area contributed by atoms with E-state index < -0.39 is 14.1 Å². The lowest BCUT2D eigenvalue weighted by Crippen LogP contribution is -2.49. The molecule has 0 rings (SSSR count). The predicted molar refractivity (Wildman–Crippen MR) is 33.9 cm³/mol. The maximum atomic E-state index is 8.52. The molecule has 0 spiro atoms. The van der Waals surface area contributed by atoms with Gasteiger partial charge in [0.05, 0.1) is 0 Å². The standard InChI is InChI=1S/C2H10B2N2O2/c1-3(7)5-6-4(2)8/h5-8H,1-2H3. The molecule has 0 heterocycles. The van der Waals surface area contributed by atoms with Gasteiger partial charge in [-0.05, 0) is 13.6 Å². The fourth-order valence-electron chi connectivity index (χ4n) is 0.241. The van der Waals surface area contributed by atoms with Gasteiger partial charge in [0.2, 0.25) is 0 Å². The quantitative estimate of drug-likeness (QED) is 0.262. The molecule has 0 aromatic rings. The molecule has 6 heteroatoms. The Kier molecular flexibility index (Phi) is 3.90. The van der Waals surface area contributed by atoms with Crippen LogP contribution < -0.4 is 10.7 Å². The maximum Gasteiger partial charge on any atom is 0.386 e. The van der Waals surface area contributed by atoms with Crippen molar-refractivity contribution < 1.29 is 10.0 Å². The third kappa shape index (κ3) is 5.97. The second kappa shape index (κ2) is 3.91. The zero-order chi connectivity index (χ0) is 6.57. The molecule has 0 amide bonds. The summed E-state index contributed by atoms with van der Waals surface area (Å²) in [4.78, 5) is 0. The lowest BCUT2D eigenvalue weighted by atomic mass is 9.87. The SMILES string of the molecule is CB(O)NNB(C)O. The number of hydrogen-bond donors (Lipinski definition) is 4. The van der Waals surface area contributed by atoms with Gasteiger partial charge in [-0.15, -0.1) is 0 Å². The normalized spacial score (nSPS) is 9.00. The summed E-state index contributed by atoms with van der Waals surface area (Å²) in [5, 5.41) is 21.8. The number of nitrogens with one attached hydrogen (secondary N) is 2. The molecule has 0 aliphatic rings. The summed E-state index contributed by atoms with van der Waals surface area (Å²) in [6.45, 7) is 3.10. The van der Waals surface area contributed by atoms with Crippen molar-refractivity contribution in [1.82, 2.24) is 10.7 Å². The van der Waals surface area contributed by atoms with Gasteiger partial charge in [0.1, 0.15) is 0 Å². The first-order chi connectivity index (χ1) is 3.63. The predicted octanol–water partition coefficient (Wildman–Crippen LogP) is -1.70. The van der Waals surface area contributed by atoms with E-state index in [0.29, 0.717) is 0 Å². The molecule has 0 atom stereocenters. The van der Waals surface area contributed by atoms with E-state index in [1.807, 2.05) is 0 Å². The zero-order valence-corrected chi connectivity index (χ0v) is 5.05. The molecule has 0 saturated carbocycles. The van der Waals surface area contributed by atoms with E-state index in [0.717, 1.165) is 0 Å². The van der Waals surface area contributed by atoms with E-state index in [-0.39, 0.29) is 0 Å². The van der Waals surface area contributed by atoms with E-state index in [4.69, 9.17) is 10.0 Å². The van der Waals surface area contributed by atoms with Crippen molar-refractivity contribution in [3.63, 3.8) is 0 Å². The number of hydrogen-bond acceptors (Lipinski definition) is 4. The first kappa shape index (κ1) is 7.97. The van der Waals surface area contributed by atoms with E-state index in [9.17, 15) is 0 Å². The van der Waals surface area contributed by atoms with Crippen molar-refractivity contribution in [2.24, 2.45) is 0 Å². The minimum atomic E-state index is -0.635. The highest BCUT2D eigenvalue weighted by atomic mass is 16.2. The van der Waals surface area contributed by atoms with Crippen LogP contribution in [0.15, 0.2) is 0 Å². The number of rotatable bonds is 3. The molecule has 0 unspecified atom stereocenters. The van der Waals surface area contributed by atoms with E-state index in [2.05, 4.69) is 10.7 Å². The van der Waals surface area contributed by atoms with Gasteiger partial charge in [-0.25, -0.2) is 0 Å². The average Bonchev–Trinajstić information content (AvgIpc) is 1.61. The van der Waals surface area contributed by atoms with Gasteiger partial charge in [0, 0.05) is 0 Å². The van der Waals surface area contributed by atoms with Crippen LogP contribution >= 0.6 is 0 Å². The summed E-state index contributed by atoms with van der Waals surface area (Å²) in [7, 11) is -1.27. The molecule has 0 saturated heterocycles. The largest absolute Gasteiger partial charge is 0.437 e. The molecule has 0 aromatic carbocycles. The lowest BCUT2D eigenvalue weighted by Gasteiger charge is -2.04. The van der Waals surface area contributed by atoms with Gasteiger partial charge in [-0.2, -0.15) is 0 Å². The molecule has 0 aromatic heterocycles. The van der Waals surface area contributed by atoms with Crippen LogP contribution in [-0.2, 0) is 0 Å². The lowest BCUT2D eigenvalue weighted by molar-refractivity contribution is 0.516. The van der Waals surface area contributed by atoms with Gasteiger partial charge in [-0.1, -0.05) is 0 Å². The van der Waals surface area contributed by atoms with Crippen LogP contribution in [0.25, 0.3) is 0 Å². The highest BCUT2D eigenvalue weighted by molar-refractivity contribution is 6.50. The third-order valence-corrected chi connectivity index (χ3v) is 0.501. The molecule has 0 aliphatic heterocycles. The molecule has 4 N–H and O–H groups in total. The van der Waals surface area contributed by atoms with Crippen molar-refractivity contribution in [2.45, 2.75) is 13.6 Å². The Bertz CT molecular complexity index is 52.0. The smallest absolute Gasteiger partial charge is 0.386 e. The molecule has 0 fully saturated rings. The second-order valence-electron chi connectivity index (χ2n) is 1.64. The van der Waals surface area contributed by atoms with Crippen LogP contribution in [0.1, 0.15) is 0 Å². The minimum absolute atomic E-state index is 0.635. The topological polar surface area (TPSA) is 64.5 Å². The fourth-order valence-corrected chi connectivity index (χ4v) is 0.241. The van der Waals surface area contributed by atoms with Crippen LogP contribution in [0.5, 0.6) is 0 Å². The summed E-state index contributed by atoms with van der Waals surface area (Å²) in [6, 6.07) is 0. The van der Waals surface area contributed by atoms with Crippen LogP contribution in [-0.4, -0.2) is 24.1 Å². The Balaban J connectivity index is 2.93. The summed E-state index contributed by atoms with van der Waals surface area (Å²) in [6.07, 6.45) is 0. The third-order valence-electron chi connectivity index (χ3n) is 0.501.